The molecule has 0 spiro atoms. The van der Waals surface area contributed by atoms with E-state index in [9.17, 15) is 0 Å². The Bertz CT molecular complexity index is 319. The van der Waals surface area contributed by atoms with Crippen LogP contribution >= 0.6 is 0 Å². The maximum absolute atomic E-state index is 4.64. The van der Waals surface area contributed by atoms with Crippen LogP contribution in [0.15, 0.2) is 16.8 Å². The zero-order valence-electron chi connectivity index (χ0n) is 13.6. The summed E-state index contributed by atoms with van der Waals surface area (Å²) in [6.07, 6.45) is 5.52. The minimum Gasteiger partial charge on any atom is -0.360 e. The number of nitrogens with zero attached hydrogens (tertiary/aromatic N) is 3. The van der Waals surface area contributed by atoms with Crippen molar-refractivity contribution in [3.05, 3.63) is 11.8 Å². The van der Waals surface area contributed by atoms with Crippen LogP contribution in [-0.4, -0.2) is 47.9 Å². The van der Waals surface area contributed by atoms with E-state index in [0.717, 1.165) is 25.6 Å². The molecule has 0 aromatic carbocycles. The van der Waals surface area contributed by atoms with E-state index in [0.29, 0.717) is 6.04 Å². The van der Waals surface area contributed by atoms with Gasteiger partial charge in [0.15, 0.2) is 0 Å². The maximum atomic E-state index is 4.64. The molecule has 0 aromatic heterocycles. The predicted molar refractivity (Wildman–Crippen MR) is 84.7 cm³/mol. The number of hydrogen-bond acceptors (Lipinski definition) is 2. The molecule has 0 aromatic rings. The second kappa shape index (κ2) is 7.68. The summed E-state index contributed by atoms with van der Waals surface area (Å²) in [6.45, 7) is 13.2. The fraction of sp³-hybridized carbons (Fsp3) is 0.812. The SMILES string of the molecule is CCC(=NC=C(C)C)N1CCC(N(C)C(C)C)CC1. The van der Waals surface area contributed by atoms with Crippen molar-refractivity contribution in [3.8, 4) is 0 Å². The van der Waals surface area contributed by atoms with Gasteiger partial charge < -0.3 is 9.80 Å². The Morgan fingerprint density at radius 1 is 1.32 bits per heavy atom. The van der Waals surface area contributed by atoms with Crippen LogP contribution in [0, 0.1) is 0 Å². The van der Waals surface area contributed by atoms with E-state index >= 15 is 0 Å². The summed E-state index contributed by atoms with van der Waals surface area (Å²) < 4.78 is 0. The lowest BCUT2D eigenvalue weighted by Gasteiger charge is -2.39. The van der Waals surface area contributed by atoms with Crippen LogP contribution in [0.3, 0.4) is 0 Å². The van der Waals surface area contributed by atoms with Gasteiger partial charge in [0.05, 0.1) is 0 Å². The molecule has 110 valence electrons. The molecule has 1 aliphatic rings. The lowest BCUT2D eigenvalue weighted by Crippen LogP contribution is -2.47. The van der Waals surface area contributed by atoms with Gasteiger partial charge >= 0.3 is 0 Å². The Labute approximate surface area is 119 Å². The number of likely N-dealkylation sites (tertiary alicyclic amines) is 1. The first-order valence-electron chi connectivity index (χ1n) is 7.62. The highest BCUT2D eigenvalue weighted by Crippen LogP contribution is 2.18. The number of piperidine rings is 1. The second-order valence-corrected chi connectivity index (χ2v) is 6.08. The molecule has 0 aliphatic carbocycles. The first-order chi connectivity index (χ1) is 8.95. The third kappa shape index (κ3) is 4.98. The van der Waals surface area contributed by atoms with E-state index in [1.165, 1.54) is 24.3 Å². The minimum atomic E-state index is 0.640. The van der Waals surface area contributed by atoms with Crippen LogP contribution in [0.2, 0.25) is 0 Å². The van der Waals surface area contributed by atoms with Crippen molar-refractivity contribution in [1.29, 1.82) is 0 Å². The lowest BCUT2D eigenvalue weighted by molar-refractivity contribution is 0.134. The van der Waals surface area contributed by atoms with Gasteiger partial charge in [-0.3, -0.25) is 0 Å². The molecule has 0 N–H and O–H groups in total. The quantitative estimate of drug-likeness (QED) is 0.572. The molecule has 0 amide bonds. The van der Waals surface area contributed by atoms with Gasteiger partial charge in [-0.1, -0.05) is 12.5 Å². The van der Waals surface area contributed by atoms with E-state index in [1.807, 2.05) is 6.20 Å². The molecule has 1 fully saturated rings. The Hall–Kier alpha value is -0.830. The molecule has 0 saturated carbocycles. The van der Waals surface area contributed by atoms with E-state index in [1.54, 1.807) is 0 Å². The summed E-state index contributed by atoms with van der Waals surface area (Å²) in [5.41, 5.74) is 1.26. The fourth-order valence-corrected chi connectivity index (χ4v) is 2.55. The highest BCUT2D eigenvalue weighted by atomic mass is 15.2. The summed E-state index contributed by atoms with van der Waals surface area (Å²) in [4.78, 5) is 9.61. The standard InChI is InChI=1S/C16H31N3/c1-7-16(17-12-13(2)3)19-10-8-15(9-11-19)18(6)14(4)5/h12,14-15H,7-11H2,1-6H3. The van der Waals surface area contributed by atoms with Crippen LogP contribution in [0.1, 0.15) is 53.9 Å². The van der Waals surface area contributed by atoms with Crippen LogP contribution in [0.4, 0.5) is 0 Å². The molecule has 19 heavy (non-hydrogen) atoms. The molecule has 1 saturated heterocycles. The minimum absolute atomic E-state index is 0.640. The van der Waals surface area contributed by atoms with Gasteiger partial charge in [-0.05, 0) is 47.6 Å². The van der Waals surface area contributed by atoms with Crippen LogP contribution < -0.4 is 0 Å². The molecular weight excluding hydrogens is 234 g/mol. The molecule has 3 nitrogen and oxygen atoms in total. The van der Waals surface area contributed by atoms with Crippen molar-refractivity contribution >= 4 is 5.84 Å². The number of aliphatic imine (C=N–C) groups is 1. The second-order valence-electron chi connectivity index (χ2n) is 6.08. The van der Waals surface area contributed by atoms with Crippen molar-refractivity contribution in [2.75, 3.05) is 20.1 Å². The highest BCUT2D eigenvalue weighted by molar-refractivity contribution is 5.82. The normalized spacial score (nSPS) is 18.3. The summed E-state index contributed by atoms with van der Waals surface area (Å²) in [5, 5.41) is 0. The zero-order valence-corrected chi connectivity index (χ0v) is 13.6. The van der Waals surface area contributed by atoms with E-state index in [-0.39, 0.29) is 0 Å². The number of rotatable bonds is 4. The molecule has 1 rings (SSSR count). The van der Waals surface area contributed by atoms with Crippen molar-refractivity contribution in [3.63, 3.8) is 0 Å². The Morgan fingerprint density at radius 2 is 1.89 bits per heavy atom. The van der Waals surface area contributed by atoms with Crippen molar-refractivity contribution < 1.29 is 0 Å². The summed E-state index contributed by atoms with van der Waals surface area (Å²) in [5.74, 6) is 1.24. The smallest absolute Gasteiger partial charge is 0.104 e. The molecule has 1 aliphatic heterocycles. The van der Waals surface area contributed by atoms with Crippen molar-refractivity contribution in [2.24, 2.45) is 4.99 Å². The van der Waals surface area contributed by atoms with Crippen molar-refractivity contribution in [2.45, 2.75) is 66.0 Å². The molecule has 1 heterocycles. The van der Waals surface area contributed by atoms with E-state index in [4.69, 9.17) is 0 Å². The van der Waals surface area contributed by atoms with E-state index in [2.05, 4.69) is 56.5 Å². The molecule has 0 unspecified atom stereocenters. The van der Waals surface area contributed by atoms with Crippen LogP contribution in [0.5, 0.6) is 0 Å². The van der Waals surface area contributed by atoms with Gasteiger partial charge in [0, 0.05) is 37.8 Å². The number of hydrogen-bond donors (Lipinski definition) is 0. The number of allylic oxidation sites excluding steroid dienone is 1. The topological polar surface area (TPSA) is 18.8 Å². The van der Waals surface area contributed by atoms with Gasteiger partial charge in [-0.2, -0.15) is 0 Å². The summed E-state index contributed by atoms with van der Waals surface area (Å²) in [7, 11) is 2.25. The average molecular weight is 265 g/mol. The average Bonchev–Trinajstić information content (AvgIpc) is 2.39. The summed E-state index contributed by atoms with van der Waals surface area (Å²) in [6, 6.07) is 1.37. The Morgan fingerprint density at radius 3 is 2.32 bits per heavy atom. The van der Waals surface area contributed by atoms with E-state index < -0.39 is 0 Å². The first-order valence-corrected chi connectivity index (χ1v) is 7.62. The monoisotopic (exact) mass is 265 g/mol. The van der Waals surface area contributed by atoms with Gasteiger partial charge in [0.1, 0.15) is 5.84 Å². The molecular formula is C16H31N3. The predicted octanol–water partition coefficient (Wildman–Crippen LogP) is 3.52. The molecule has 0 atom stereocenters. The Balaban J connectivity index is 2.57. The number of amidine groups is 1. The third-order valence-corrected chi connectivity index (χ3v) is 4.01. The third-order valence-electron chi connectivity index (χ3n) is 4.01. The van der Waals surface area contributed by atoms with Gasteiger partial charge in [-0.15, -0.1) is 0 Å². The van der Waals surface area contributed by atoms with Gasteiger partial charge in [0.25, 0.3) is 0 Å². The summed E-state index contributed by atoms with van der Waals surface area (Å²) >= 11 is 0. The lowest BCUT2D eigenvalue weighted by atomic mass is 10.0. The van der Waals surface area contributed by atoms with Crippen LogP contribution in [-0.2, 0) is 0 Å². The highest BCUT2D eigenvalue weighted by Gasteiger charge is 2.24. The van der Waals surface area contributed by atoms with Crippen molar-refractivity contribution in [1.82, 2.24) is 9.80 Å². The van der Waals surface area contributed by atoms with Crippen LogP contribution in [0.25, 0.3) is 0 Å². The molecule has 0 radical (unpaired) electrons. The molecule has 0 bridgehead atoms. The zero-order chi connectivity index (χ0) is 14.4. The first kappa shape index (κ1) is 16.2. The van der Waals surface area contributed by atoms with Gasteiger partial charge in [0.2, 0.25) is 0 Å². The Kier molecular flexibility index (Phi) is 6.56. The fourth-order valence-electron chi connectivity index (χ4n) is 2.55. The maximum Gasteiger partial charge on any atom is 0.104 e. The largest absolute Gasteiger partial charge is 0.360 e. The molecule has 3 heteroatoms. The van der Waals surface area contributed by atoms with Gasteiger partial charge in [-0.25, -0.2) is 4.99 Å².